The first-order valence-electron chi connectivity index (χ1n) is 6.80. The van der Waals surface area contributed by atoms with E-state index in [4.69, 9.17) is 9.97 Å². The van der Waals surface area contributed by atoms with Crippen molar-refractivity contribution in [3.05, 3.63) is 41.0 Å². The molecule has 0 bridgehead atoms. The molecular weight excluding hydrogens is 236 g/mol. The fraction of sp³-hybridized carbons (Fsp3) is 0.400. The molecule has 0 radical (unpaired) electrons. The van der Waals surface area contributed by atoms with Gasteiger partial charge >= 0.3 is 0 Å². The molecule has 2 aromatic rings. The largest absolute Gasteiger partial charge is 0.307 e. The Morgan fingerprint density at radius 2 is 2.16 bits per heavy atom. The van der Waals surface area contributed by atoms with Gasteiger partial charge in [0.05, 0.1) is 5.69 Å². The third-order valence-corrected chi connectivity index (χ3v) is 3.52. The second-order valence-electron chi connectivity index (χ2n) is 4.96. The number of hydrogen-bond donors (Lipinski definition) is 1. The molecule has 0 aromatic carbocycles. The summed E-state index contributed by atoms with van der Waals surface area (Å²) in [7, 11) is 0. The first kappa shape index (κ1) is 12.2. The van der Waals surface area contributed by atoms with E-state index >= 15 is 0 Å². The normalized spacial score (nSPS) is 13.6. The molecule has 2 aromatic heterocycles. The van der Waals surface area contributed by atoms with Gasteiger partial charge < -0.3 is 5.32 Å². The zero-order valence-electron chi connectivity index (χ0n) is 11.4. The lowest BCUT2D eigenvalue weighted by atomic mass is 10.1. The quantitative estimate of drug-likeness (QED) is 0.913. The smallest absolute Gasteiger partial charge is 0.160 e. The lowest BCUT2D eigenvalue weighted by Gasteiger charge is -2.10. The number of aryl methyl sites for hydroxylation is 2. The van der Waals surface area contributed by atoms with Crippen LogP contribution in [0, 0.1) is 6.92 Å². The molecule has 0 unspecified atom stereocenters. The van der Waals surface area contributed by atoms with E-state index in [-0.39, 0.29) is 0 Å². The van der Waals surface area contributed by atoms with Gasteiger partial charge in [0.1, 0.15) is 0 Å². The second-order valence-corrected chi connectivity index (χ2v) is 4.96. The number of pyridine rings is 1. The fourth-order valence-corrected chi connectivity index (χ4v) is 2.53. The van der Waals surface area contributed by atoms with E-state index in [1.807, 2.05) is 12.3 Å². The summed E-state index contributed by atoms with van der Waals surface area (Å²) in [4.78, 5) is 13.6. The van der Waals surface area contributed by atoms with Crippen LogP contribution in [0.15, 0.2) is 18.5 Å². The number of rotatable bonds is 3. The van der Waals surface area contributed by atoms with Gasteiger partial charge in [0.2, 0.25) is 0 Å². The molecule has 0 saturated carbocycles. The van der Waals surface area contributed by atoms with E-state index in [2.05, 4.69) is 24.1 Å². The van der Waals surface area contributed by atoms with Crippen molar-refractivity contribution in [2.45, 2.75) is 39.8 Å². The van der Waals surface area contributed by atoms with Crippen LogP contribution in [0.2, 0.25) is 0 Å². The molecule has 4 heteroatoms. The van der Waals surface area contributed by atoms with Gasteiger partial charge in [-0.25, -0.2) is 9.97 Å². The Labute approximate surface area is 113 Å². The fourth-order valence-electron chi connectivity index (χ4n) is 2.53. The minimum atomic E-state index is 0.839. The first-order valence-corrected chi connectivity index (χ1v) is 6.80. The topological polar surface area (TPSA) is 50.7 Å². The predicted molar refractivity (Wildman–Crippen MR) is 74.5 cm³/mol. The van der Waals surface area contributed by atoms with Crippen molar-refractivity contribution < 1.29 is 0 Å². The average Bonchev–Trinajstić information content (AvgIpc) is 2.88. The Morgan fingerprint density at radius 1 is 1.26 bits per heavy atom. The zero-order chi connectivity index (χ0) is 13.2. The molecule has 98 valence electrons. The van der Waals surface area contributed by atoms with Crippen LogP contribution in [0.1, 0.15) is 35.9 Å². The molecule has 1 aliphatic heterocycles. The number of nitrogens with zero attached hydrogens (tertiary/aromatic N) is 3. The SMILES string of the molecule is CCCc1nc(-c2ccncc2C)nc2c1CNC2. The monoisotopic (exact) mass is 254 g/mol. The molecule has 3 rings (SSSR count). The van der Waals surface area contributed by atoms with Crippen LogP contribution in [-0.4, -0.2) is 15.0 Å². The molecule has 1 N–H and O–H groups in total. The number of nitrogens with one attached hydrogen (secondary N) is 1. The summed E-state index contributed by atoms with van der Waals surface area (Å²) in [6.45, 7) is 6.00. The van der Waals surface area contributed by atoms with E-state index in [1.54, 1.807) is 6.20 Å². The molecule has 0 spiro atoms. The standard InChI is InChI=1S/C15H18N4/c1-3-4-13-12-8-17-9-14(12)19-15(18-13)11-5-6-16-7-10(11)2/h5-7,17H,3-4,8-9H2,1-2H3. The Bertz CT molecular complexity index is 607. The van der Waals surface area contributed by atoms with Crippen molar-refractivity contribution in [1.82, 2.24) is 20.3 Å². The Morgan fingerprint density at radius 3 is 2.95 bits per heavy atom. The molecule has 19 heavy (non-hydrogen) atoms. The van der Waals surface area contributed by atoms with Crippen LogP contribution in [0.5, 0.6) is 0 Å². The minimum absolute atomic E-state index is 0.839. The van der Waals surface area contributed by atoms with E-state index < -0.39 is 0 Å². The van der Waals surface area contributed by atoms with Crippen LogP contribution < -0.4 is 5.32 Å². The van der Waals surface area contributed by atoms with Crippen molar-refractivity contribution in [3.8, 4) is 11.4 Å². The van der Waals surface area contributed by atoms with E-state index in [0.717, 1.165) is 48.6 Å². The van der Waals surface area contributed by atoms with Crippen LogP contribution in [-0.2, 0) is 19.5 Å². The van der Waals surface area contributed by atoms with Gasteiger partial charge in [-0.1, -0.05) is 13.3 Å². The third kappa shape index (κ3) is 2.24. The van der Waals surface area contributed by atoms with Crippen molar-refractivity contribution in [3.63, 3.8) is 0 Å². The number of fused-ring (bicyclic) bond motifs is 1. The van der Waals surface area contributed by atoms with Gasteiger partial charge in [0.25, 0.3) is 0 Å². The summed E-state index contributed by atoms with van der Waals surface area (Å²) in [5.74, 6) is 0.839. The molecule has 3 heterocycles. The Hall–Kier alpha value is -1.81. The molecular formula is C15H18N4. The number of hydrogen-bond acceptors (Lipinski definition) is 4. The second kappa shape index (κ2) is 5.05. The molecule has 1 aliphatic rings. The molecule has 0 amide bonds. The Kier molecular flexibility index (Phi) is 3.25. The first-order chi connectivity index (χ1) is 9.29. The predicted octanol–water partition coefficient (Wildman–Crippen LogP) is 2.40. The van der Waals surface area contributed by atoms with E-state index in [1.165, 1.54) is 11.3 Å². The lowest BCUT2D eigenvalue weighted by Crippen LogP contribution is -2.04. The van der Waals surface area contributed by atoms with Crippen LogP contribution in [0.25, 0.3) is 11.4 Å². The van der Waals surface area contributed by atoms with Crippen molar-refractivity contribution in [2.75, 3.05) is 0 Å². The van der Waals surface area contributed by atoms with Crippen molar-refractivity contribution in [2.24, 2.45) is 0 Å². The van der Waals surface area contributed by atoms with Gasteiger partial charge in [-0.2, -0.15) is 0 Å². The van der Waals surface area contributed by atoms with Crippen LogP contribution >= 0.6 is 0 Å². The Balaban J connectivity index is 2.13. The summed E-state index contributed by atoms with van der Waals surface area (Å²) in [6, 6.07) is 2.00. The summed E-state index contributed by atoms with van der Waals surface area (Å²) < 4.78 is 0. The molecule has 4 nitrogen and oxygen atoms in total. The van der Waals surface area contributed by atoms with E-state index in [9.17, 15) is 0 Å². The number of aromatic nitrogens is 3. The maximum absolute atomic E-state index is 4.79. The van der Waals surface area contributed by atoms with Gasteiger partial charge in [-0.3, -0.25) is 4.98 Å². The molecule has 0 aliphatic carbocycles. The van der Waals surface area contributed by atoms with Crippen molar-refractivity contribution >= 4 is 0 Å². The minimum Gasteiger partial charge on any atom is -0.307 e. The molecule has 0 atom stereocenters. The summed E-state index contributed by atoms with van der Waals surface area (Å²) in [6.07, 6.45) is 5.79. The molecule has 0 fully saturated rings. The molecule has 0 saturated heterocycles. The summed E-state index contributed by atoms with van der Waals surface area (Å²) in [5.41, 5.74) is 5.86. The van der Waals surface area contributed by atoms with Gasteiger partial charge in [-0.05, 0) is 25.0 Å². The van der Waals surface area contributed by atoms with Gasteiger partial charge in [-0.15, -0.1) is 0 Å². The van der Waals surface area contributed by atoms with Crippen LogP contribution in [0.3, 0.4) is 0 Å². The maximum atomic E-state index is 4.79. The zero-order valence-corrected chi connectivity index (χ0v) is 11.4. The highest BCUT2D eigenvalue weighted by Gasteiger charge is 2.19. The maximum Gasteiger partial charge on any atom is 0.160 e. The lowest BCUT2D eigenvalue weighted by molar-refractivity contribution is 0.753. The summed E-state index contributed by atoms with van der Waals surface area (Å²) in [5, 5.41) is 3.36. The van der Waals surface area contributed by atoms with Gasteiger partial charge in [0, 0.05) is 42.3 Å². The highest BCUT2D eigenvalue weighted by molar-refractivity contribution is 5.59. The third-order valence-electron chi connectivity index (χ3n) is 3.52. The van der Waals surface area contributed by atoms with Gasteiger partial charge in [0.15, 0.2) is 5.82 Å². The van der Waals surface area contributed by atoms with Crippen LogP contribution in [0.4, 0.5) is 0 Å². The highest BCUT2D eigenvalue weighted by atomic mass is 15.0. The van der Waals surface area contributed by atoms with Crippen molar-refractivity contribution in [1.29, 1.82) is 0 Å². The van der Waals surface area contributed by atoms with E-state index in [0.29, 0.717) is 0 Å². The highest BCUT2D eigenvalue weighted by Crippen LogP contribution is 2.24. The summed E-state index contributed by atoms with van der Waals surface area (Å²) >= 11 is 0. The average molecular weight is 254 g/mol.